The van der Waals surface area contributed by atoms with Gasteiger partial charge in [-0.1, -0.05) is 6.07 Å². The molecule has 13 heteroatoms. The van der Waals surface area contributed by atoms with Crippen molar-refractivity contribution in [3.05, 3.63) is 104 Å². The summed E-state index contributed by atoms with van der Waals surface area (Å²) < 4.78 is 61.7. The number of nitro groups is 1. The van der Waals surface area contributed by atoms with Crippen molar-refractivity contribution in [3.63, 3.8) is 0 Å². The number of fused-ring (bicyclic) bond motifs is 1. The number of ether oxygens (including phenoxy) is 3. The highest BCUT2D eigenvalue weighted by molar-refractivity contribution is 5.92. The summed E-state index contributed by atoms with van der Waals surface area (Å²) in [5, 5.41) is 10.6. The number of carbonyl (C=O) groups excluding carboxylic acids is 2. The number of benzene rings is 3. The maximum absolute atomic E-state index is 13.8. The monoisotopic (exact) mass is 543 g/mol. The van der Waals surface area contributed by atoms with E-state index in [9.17, 15) is 37.7 Å². The van der Waals surface area contributed by atoms with Crippen LogP contribution in [0.4, 0.5) is 18.9 Å². The van der Waals surface area contributed by atoms with Crippen LogP contribution in [0.25, 0.3) is 11.0 Å². The number of nitro benzene ring substituents is 1. The Morgan fingerprint density at radius 1 is 0.949 bits per heavy atom. The first kappa shape index (κ1) is 26.9. The number of non-ortho nitro benzene ring substituents is 1. The summed E-state index contributed by atoms with van der Waals surface area (Å²) >= 11 is 0. The Balaban J connectivity index is 1.68. The van der Waals surface area contributed by atoms with Gasteiger partial charge < -0.3 is 18.6 Å². The molecular formula is C26H16F3NO9. The Morgan fingerprint density at radius 3 is 2.28 bits per heavy atom. The maximum Gasteiger partial charge on any atom is 0.453 e. The summed E-state index contributed by atoms with van der Waals surface area (Å²) in [6.45, 7) is 1.73. The summed E-state index contributed by atoms with van der Waals surface area (Å²) in [7, 11) is 0. The van der Waals surface area contributed by atoms with Gasteiger partial charge in [-0.05, 0) is 49.4 Å². The maximum atomic E-state index is 13.8. The van der Waals surface area contributed by atoms with E-state index in [2.05, 4.69) is 0 Å². The number of nitrogens with zero attached hydrogens (tertiary/aromatic N) is 1. The summed E-state index contributed by atoms with van der Waals surface area (Å²) in [5.74, 6) is -5.01. The first-order valence-electron chi connectivity index (χ1n) is 11.1. The Morgan fingerprint density at radius 2 is 1.64 bits per heavy atom. The van der Waals surface area contributed by atoms with E-state index in [1.165, 1.54) is 36.4 Å². The molecule has 0 saturated carbocycles. The molecule has 0 atom stereocenters. The number of hydrogen-bond donors (Lipinski definition) is 0. The SMILES string of the molecule is CCOC(=O)c1ccc(Oc2c(C(F)(F)F)oc3cc(OC(=O)c4cccc([N+](=O)[O-])c4)ccc3c2=O)cc1. The first-order chi connectivity index (χ1) is 18.5. The van der Waals surface area contributed by atoms with Gasteiger partial charge in [0.1, 0.15) is 17.1 Å². The molecule has 0 N–H and O–H groups in total. The van der Waals surface area contributed by atoms with Crippen LogP contribution in [0.15, 0.2) is 75.9 Å². The van der Waals surface area contributed by atoms with Gasteiger partial charge in [-0.15, -0.1) is 0 Å². The van der Waals surface area contributed by atoms with Crippen LogP contribution in [0.5, 0.6) is 17.2 Å². The van der Waals surface area contributed by atoms with Crippen molar-refractivity contribution in [3.8, 4) is 17.2 Å². The molecule has 4 rings (SSSR count). The minimum absolute atomic E-state index is 0.123. The Bertz CT molecular complexity index is 1640. The van der Waals surface area contributed by atoms with E-state index in [-0.39, 0.29) is 40.3 Å². The Kier molecular flexibility index (Phi) is 7.33. The van der Waals surface area contributed by atoms with Crippen molar-refractivity contribution in [2.45, 2.75) is 13.1 Å². The fraction of sp³-hybridized carbons (Fsp3) is 0.115. The fourth-order valence-corrected chi connectivity index (χ4v) is 3.40. The summed E-state index contributed by atoms with van der Waals surface area (Å²) in [6.07, 6.45) is -5.15. The zero-order valence-electron chi connectivity index (χ0n) is 19.8. The van der Waals surface area contributed by atoms with E-state index < -0.39 is 45.6 Å². The molecule has 10 nitrogen and oxygen atoms in total. The molecule has 0 aliphatic heterocycles. The van der Waals surface area contributed by atoms with Crippen LogP contribution in [0, 0.1) is 10.1 Å². The molecule has 0 fully saturated rings. The third-order valence-corrected chi connectivity index (χ3v) is 5.17. The predicted molar refractivity (Wildman–Crippen MR) is 128 cm³/mol. The van der Waals surface area contributed by atoms with Crippen molar-refractivity contribution in [2.75, 3.05) is 6.61 Å². The van der Waals surface area contributed by atoms with Crippen molar-refractivity contribution < 1.29 is 46.3 Å². The molecule has 0 amide bonds. The molecule has 200 valence electrons. The van der Waals surface area contributed by atoms with Gasteiger partial charge in [-0.2, -0.15) is 13.2 Å². The average Bonchev–Trinajstić information content (AvgIpc) is 2.90. The van der Waals surface area contributed by atoms with Gasteiger partial charge in [0.2, 0.25) is 11.2 Å². The summed E-state index contributed by atoms with van der Waals surface area (Å²) in [4.78, 5) is 47.4. The van der Waals surface area contributed by atoms with Crippen molar-refractivity contribution >= 4 is 28.6 Å². The number of halogens is 3. The number of carbonyl (C=O) groups is 2. The van der Waals surface area contributed by atoms with E-state index in [1.807, 2.05) is 0 Å². The zero-order valence-corrected chi connectivity index (χ0v) is 19.8. The van der Waals surface area contributed by atoms with Gasteiger partial charge in [0.15, 0.2) is 0 Å². The van der Waals surface area contributed by atoms with E-state index in [1.54, 1.807) is 6.92 Å². The molecule has 0 spiro atoms. The van der Waals surface area contributed by atoms with Crippen molar-refractivity contribution in [1.82, 2.24) is 0 Å². The number of esters is 2. The lowest BCUT2D eigenvalue weighted by Gasteiger charge is -2.14. The van der Waals surface area contributed by atoms with Crippen LogP contribution < -0.4 is 14.9 Å². The number of hydrogen-bond acceptors (Lipinski definition) is 9. The molecule has 1 heterocycles. The van der Waals surface area contributed by atoms with E-state index >= 15 is 0 Å². The Hall–Kier alpha value is -5.20. The largest absolute Gasteiger partial charge is 0.462 e. The lowest BCUT2D eigenvalue weighted by molar-refractivity contribution is -0.384. The topological polar surface area (TPSA) is 135 Å². The number of alkyl halides is 3. The molecule has 0 bridgehead atoms. The van der Waals surface area contributed by atoms with Crippen LogP contribution in [-0.2, 0) is 10.9 Å². The average molecular weight is 543 g/mol. The van der Waals surface area contributed by atoms with Crippen LogP contribution >= 0.6 is 0 Å². The molecule has 0 radical (unpaired) electrons. The molecule has 0 aliphatic rings. The molecule has 0 aliphatic carbocycles. The molecule has 0 saturated heterocycles. The fourth-order valence-electron chi connectivity index (χ4n) is 3.40. The quantitative estimate of drug-likeness (QED) is 0.121. The van der Waals surface area contributed by atoms with Crippen LogP contribution in [0.2, 0.25) is 0 Å². The highest BCUT2D eigenvalue weighted by atomic mass is 19.4. The van der Waals surface area contributed by atoms with Gasteiger partial charge in [-0.25, -0.2) is 9.59 Å². The summed E-state index contributed by atoms with van der Waals surface area (Å²) in [5.41, 5.74) is -2.14. The van der Waals surface area contributed by atoms with Crippen molar-refractivity contribution in [2.24, 2.45) is 0 Å². The van der Waals surface area contributed by atoms with Gasteiger partial charge in [0, 0.05) is 18.2 Å². The highest BCUT2D eigenvalue weighted by Gasteiger charge is 2.40. The highest BCUT2D eigenvalue weighted by Crippen LogP contribution is 2.38. The van der Waals surface area contributed by atoms with Crippen molar-refractivity contribution in [1.29, 1.82) is 0 Å². The van der Waals surface area contributed by atoms with E-state index in [0.717, 1.165) is 30.3 Å². The van der Waals surface area contributed by atoms with Crippen LogP contribution in [0.3, 0.4) is 0 Å². The molecular weight excluding hydrogens is 527 g/mol. The number of rotatable bonds is 7. The van der Waals surface area contributed by atoms with E-state index in [0.29, 0.717) is 0 Å². The third-order valence-electron chi connectivity index (χ3n) is 5.17. The van der Waals surface area contributed by atoms with Gasteiger partial charge in [0.25, 0.3) is 11.4 Å². The third kappa shape index (κ3) is 5.87. The predicted octanol–water partition coefficient (Wildman–Crippen LogP) is 5.91. The lowest BCUT2D eigenvalue weighted by Crippen LogP contribution is -2.16. The molecule has 0 unspecified atom stereocenters. The van der Waals surface area contributed by atoms with Gasteiger partial charge in [0.05, 0.1) is 28.0 Å². The second-order valence-electron chi connectivity index (χ2n) is 7.79. The summed E-state index contributed by atoms with van der Waals surface area (Å²) in [6, 6.07) is 12.6. The standard InChI is InChI=1S/C26H16F3NO9/c1-2-36-24(32)14-6-8-17(9-7-14)37-22-21(31)19-11-10-18(13-20(19)39-23(22)26(27,28)29)38-25(33)15-4-3-5-16(12-15)30(34)35/h3-13H,2H2,1H3. The second-order valence-corrected chi connectivity index (χ2v) is 7.79. The van der Waals surface area contributed by atoms with Gasteiger partial charge in [-0.3, -0.25) is 14.9 Å². The molecule has 1 aromatic heterocycles. The van der Waals surface area contributed by atoms with Crippen LogP contribution in [-0.4, -0.2) is 23.5 Å². The second kappa shape index (κ2) is 10.7. The molecule has 3 aromatic carbocycles. The van der Waals surface area contributed by atoms with E-state index in [4.69, 9.17) is 18.6 Å². The minimum atomic E-state index is -5.15. The first-order valence-corrected chi connectivity index (χ1v) is 11.1. The minimum Gasteiger partial charge on any atom is -0.462 e. The zero-order chi connectivity index (χ0) is 28.3. The Labute approximate surface area is 216 Å². The lowest BCUT2D eigenvalue weighted by atomic mass is 10.2. The smallest absolute Gasteiger partial charge is 0.453 e. The van der Waals surface area contributed by atoms with Gasteiger partial charge >= 0.3 is 18.1 Å². The normalized spacial score (nSPS) is 11.2. The molecule has 39 heavy (non-hydrogen) atoms. The van der Waals surface area contributed by atoms with Crippen LogP contribution in [0.1, 0.15) is 33.4 Å². The molecule has 4 aromatic rings.